The Balaban J connectivity index is 1.74. The molecular weight excluding hydrogens is 384 g/mol. The molecule has 5 nitrogen and oxygen atoms in total. The molecule has 2 aromatic rings. The molecule has 29 heavy (non-hydrogen) atoms. The van der Waals surface area contributed by atoms with Gasteiger partial charge in [0, 0.05) is 30.7 Å². The number of carbonyl (C=O) groups excluding carboxylic acids is 1. The number of carbonyl (C=O) groups is 1. The fraction of sp³-hybridized carbons (Fsp3) is 0.435. The average Bonchev–Trinajstić information content (AvgIpc) is 2.68. The molecule has 1 N–H and O–H groups in total. The smallest absolute Gasteiger partial charge is 0.226 e. The predicted molar refractivity (Wildman–Crippen MR) is 119 cm³/mol. The summed E-state index contributed by atoms with van der Waals surface area (Å²) in [5.74, 6) is 0.920. The number of piperidine rings is 1. The minimum absolute atomic E-state index is 0.00519. The van der Waals surface area contributed by atoms with E-state index in [1.165, 1.54) is 5.56 Å². The van der Waals surface area contributed by atoms with Crippen LogP contribution in [0.15, 0.2) is 48.5 Å². The van der Waals surface area contributed by atoms with Gasteiger partial charge in [-0.1, -0.05) is 52.6 Å². The van der Waals surface area contributed by atoms with E-state index in [4.69, 9.17) is 4.74 Å². The van der Waals surface area contributed by atoms with E-state index in [-0.39, 0.29) is 18.0 Å². The second kappa shape index (κ2) is 8.28. The van der Waals surface area contributed by atoms with Crippen LogP contribution in [0, 0.1) is 0 Å². The summed E-state index contributed by atoms with van der Waals surface area (Å²) in [4.78, 5) is 15.0. The van der Waals surface area contributed by atoms with Gasteiger partial charge in [0.05, 0.1) is 19.1 Å². The molecule has 2 aliphatic heterocycles. The molecule has 2 aromatic carbocycles. The zero-order valence-electron chi connectivity index (χ0n) is 17.1. The largest absolute Gasteiger partial charge is 0.492 e. The van der Waals surface area contributed by atoms with Crippen molar-refractivity contribution in [1.29, 1.82) is 0 Å². The maximum atomic E-state index is 13.1. The number of ether oxygens (including phenoxy) is 1. The summed E-state index contributed by atoms with van der Waals surface area (Å²) in [5.41, 5.74) is 3.34. The lowest BCUT2D eigenvalue weighted by molar-refractivity contribution is -0.136. The van der Waals surface area contributed by atoms with Gasteiger partial charge < -0.3 is 9.64 Å². The van der Waals surface area contributed by atoms with E-state index in [2.05, 4.69) is 35.1 Å². The zero-order valence-corrected chi connectivity index (χ0v) is 18.0. The summed E-state index contributed by atoms with van der Waals surface area (Å²) in [6.45, 7) is 1.10. The summed E-state index contributed by atoms with van der Waals surface area (Å²) < 4.78 is 21.8. The lowest BCUT2D eigenvalue weighted by atomic mass is 9.90. The normalized spacial score (nSPS) is 23.1. The Morgan fingerprint density at radius 2 is 1.97 bits per heavy atom. The number of rotatable bonds is 2. The molecule has 2 heterocycles. The van der Waals surface area contributed by atoms with Crippen molar-refractivity contribution in [2.24, 2.45) is 0 Å². The molecule has 1 fully saturated rings. The van der Waals surface area contributed by atoms with Crippen LogP contribution in [-0.4, -0.2) is 52.8 Å². The van der Waals surface area contributed by atoms with Crippen LogP contribution < -0.4 is 9.46 Å². The van der Waals surface area contributed by atoms with Gasteiger partial charge in [0.2, 0.25) is 5.91 Å². The highest BCUT2D eigenvalue weighted by atomic mass is 32.3. The van der Waals surface area contributed by atoms with Crippen LogP contribution in [0.4, 0.5) is 0 Å². The highest BCUT2D eigenvalue weighted by Gasteiger charge is 2.35. The Labute approximate surface area is 174 Å². The summed E-state index contributed by atoms with van der Waals surface area (Å²) in [6, 6.07) is 16.5. The molecule has 6 heteroatoms. The summed E-state index contributed by atoms with van der Waals surface area (Å²) in [7, 11) is -2.41. The first-order chi connectivity index (χ1) is 13.9. The van der Waals surface area contributed by atoms with Crippen LogP contribution in [0.3, 0.4) is 0 Å². The molecule has 156 valence electrons. The molecular formula is C23H30N2O3S. The van der Waals surface area contributed by atoms with E-state index < -0.39 is 10.1 Å². The Hall–Kier alpha value is -2.18. The molecule has 0 saturated carbocycles. The van der Waals surface area contributed by atoms with Crippen LogP contribution in [0.2, 0.25) is 0 Å². The third-order valence-electron chi connectivity index (χ3n) is 5.72. The minimum atomic E-state index is -2.41. The number of amides is 1. The van der Waals surface area contributed by atoms with Crippen LogP contribution in [-0.2, 0) is 21.3 Å². The van der Waals surface area contributed by atoms with Crippen LogP contribution in [0.1, 0.15) is 24.8 Å². The first kappa shape index (κ1) is 20.1. The van der Waals surface area contributed by atoms with E-state index in [0.717, 1.165) is 42.7 Å². The molecule has 4 rings (SSSR count). The van der Waals surface area contributed by atoms with Gasteiger partial charge in [0.15, 0.2) is 0 Å². The second-order valence-corrected chi connectivity index (χ2v) is 11.3. The molecule has 2 atom stereocenters. The van der Waals surface area contributed by atoms with Gasteiger partial charge in [0.25, 0.3) is 0 Å². The number of thiol groups is 1. The second-order valence-electron chi connectivity index (χ2n) is 8.38. The third kappa shape index (κ3) is 4.70. The molecule has 0 radical (unpaired) electrons. The van der Waals surface area contributed by atoms with Crippen molar-refractivity contribution in [3.8, 4) is 16.9 Å². The van der Waals surface area contributed by atoms with Crippen LogP contribution in [0.5, 0.6) is 5.75 Å². The predicted octanol–water partition coefficient (Wildman–Crippen LogP) is 2.82. The number of hydrogen-bond donors (Lipinski definition) is 2. The first-order valence-electron chi connectivity index (χ1n) is 10.3. The highest BCUT2D eigenvalue weighted by molar-refractivity contribution is 7.99. The first-order valence-corrected chi connectivity index (χ1v) is 12.9. The van der Waals surface area contributed by atoms with Crippen molar-refractivity contribution < 1.29 is 13.7 Å². The Kier molecular flexibility index (Phi) is 5.74. The van der Waals surface area contributed by atoms with Gasteiger partial charge in [-0.3, -0.25) is 13.7 Å². The van der Waals surface area contributed by atoms with Gasteiger partial charge in [-0.15, -0.1) is 0 Å². The van der Waals surface area contributed by atoms with Crippen molar-refractivity contribution in [2.75, 3.05) is 25.7 Å². The Morgan fingerprint density at radius 1 is 1.14 bits per heavy atom. The van der Waals surface area contributed by atoms with Crippen molar-refractivity contribution in [3.63, 3.8) is 0 Å². The summed E-state index contributed by atoms with van der Waals surface area (Å²) >= 11 is 0. The number of nitrogens with one attached hydrogen (secondary N) is 1. The van der Waals surface area contributed by atoms with Crippen molar-refractivity contribution >= 4 is 16.0 Å². The van der Waals surface area contributed by atoms with E-state index >= 15 is 0 Å². The fourth-order valence-corrected chi connectivity index (χ4v) is 5.60. The van der Waals surface area contributed by atoms with Gasteiger partial charge >= 0.3 is 0 Å². The minimum Gasteiger partial charge on any atom is -0.492 e. The molecule has 1 saturated heterocycles. The lowest BCUT2D eigenvalue weighted by Gasteiger charge is -2.43. The molecule has 1 amide bonds. The average molecular weight is 415 g/mol. The highest BCUT2D eigenvalue weighted by Crippen LogP contribution is 2.32. The van der Waals surface area contributed by atoms with Gasteiger partial charge in [0.1, 0.15) is 5.75 Å². The third-order valence-corrected chi connectivity index (χ3v) is 6.67. The number of nitrogens with zero attached hydrogens (tertiary/aromatic N) is 1. The van der Waals surface area contributed by atoms with Gasteiger partial charge in [-0.25, -0.2) is 0 Å². The molecule has 2 unspecified atom stereocenters. The van der Waals surface area contributed by atoms with E-state index in [1.54, 1.807) is 12.5 Å². The Morgan fingerprint density at radius 3 is 2.79 bits per heavy atom. The Bertz CT molecular complexity index is 939. The number of benzene rings is 2. The van der Waals surface area contributed by atoms with Crippen molar-refractivity contribution in [1.82, 2.24) is 9.62 Å². The standard InChI is InChI=1S/C23H30N2O3S/c1-29(2,27)24-20-10-6-13-25-21(20)16-17-7-5-8-18(15-17)19-9-3-4-11-22(19)28-14-12-23(25)26/h3-5,7-9,11,15,20-21,29H,6,10,12-14,16H2,1-2H3,(H,24,27). The van der Waals surface area contributed by atoms with Crippen molar-refractivity contribution in [2.45, 2.75) is 37.8 Å². The zero-order chi connectivity index (χ0) is 20.4. The fourth-order valence-electron chi connectivity index (χ4n) is 4.50. The van der Waals surface area contributed by atoms with E-state index in [1.807, 2.05) is 23.1 Å². The number of hydrogen-bond acceptors (Lipinski definition) is 3. The monoisotopic (exact) mass is 414 g/mol. The van der Waals surface area contributed by atoms with Crippen LogP contribution >= 0.6 is 0 Å². The lowest BCUT2D eigenvalue weighted by Crippen LogP contribution is -2.58. The number of fused-ring (bicyclic) bond motifs is 5. The maximum absolute atomic E-state index is 13.1. The van der Waals surface area contributed by atoms with E-state index in [0.29, 0.717) is 13.0 Å². The topological polar surface area (TPSA) is 58.6 Å². The molecule has 2 aliphatic rings. The number of para-hydroxylation sites is 1. The summed E-state index contributed by atoms with van der Waals surface area (Å²) in [6.07, 6.45) is 6.47. The molecule has 0 aliphatic carbocycles. The van der Waals surface area contributed by atoms with E-state index in [9.17, 15) is 9.00 Å². The molecule has 0 aromatic heterocycles. The SMILES string of the molecule is C[SH](C)(=O)NC1CCCN2C(=O)CCOc3ccccc3-c3cccc(c3)CC12. The van der Waals surface area contributed by atoms with Crippen LogP contribution in [0.25, 0.3) is 11.1 Å². The molecule has 2 bridgehead atoms. The summed E-state index contributed by atoms with van der Waals surface area (Å²) in [5, 5.41) is 0. The van der Waals surface area contributed by atoms with Gasteiger partial charge in [-0.2, -0.15) is 0 Å². The molecule has 0 spiro atoms. The van der Waals surface area contributed by atoms with Crippen molar-refractivity contribution in [3.05, 3.63) is 54.1 Å². The van der Waals surface area contributed by atoms with Gasteiger partial charge in [-0.05, 0) is 36.5 Å². The quantitative estimate of drug-likeness (QED) is 0.743. The maximum Gasteiger partial charge on any atom is 0.226 e.